The van der Waals surface area contributed by atoms with Crippen LogP contribution in [0.2, 0.25) is 0 Å². The van der Waals surface area contributed by atoms with Crippen LogP contribution in [-0.4, -0.2) is 41.9 Å². The first kappa shape index (κ1) is 17.0. The van der Waals surface area contributed by atoms with E-state index in [-0.39, 0.29) is 12.1 Å². The Labute approximate surface area is 133 Å². The molecule has 1 aromatic heterocycles. The van der Waals surface area contributed by atoms with Crippen LogP contribution < -0.4 is 16.5 Å². The van der Waals surface area contributed by atoms with E-state index in [2.05, 4.69) is 5.32 Å². The van der Waals surface area contributed by atoms with Crippen LogP contribution in [-0.2, 0) is 11.3 Å². The summed E-state index contributed by atoms with van der Waals surface area (Å²) in [4.78, 5) is 24.9. The normalized spacial score (nSPS) is 12.3. The van der Waals surface area contributed by atoms with Crippen LogP contribution in [0.1, 0.15) is 17.3 Å². The maximum Gasteiger partial charge on any atom is 0.256 e. The number of rotatable bonds is 6. The highest BCUT2D eigenvalue weighted by Crippen LogP contribution is 2.18. The molecule has 0 spiro atoms. The van der Waals surface area contributed by atoms with E-state index >= 15 is 0 Å². The lowest BCUT2D eigenvalue weighted by Crippen LogP contribution is -2.34. The second-order valence-corrected chi connectivity index (χ2v) is 5.36. The number of carbonyl (C=O) groups excluding carboxylic acids is 1. The minimum absolute atomic E-state index is 0.00727. The molecule has 0 aliphatic carbocycles. The van der Waals surface area contributed by atoms with Gasteiger partial charge in [0.25, 0.3) is 5.91 Å². The molecule has 4 N–H and O–H groups in total. The zero-order valence-electron chi connectivity index (χ0n) is 13.2. The predicted octanol–water partition coefficient (Wildman–Crippen LogP) is 0.341. The molecule has 0 aliphatic heterocycles. The van der Waals surface area contributed by atoms with Crippen molar-refractivity contribution in [2.75, 3.05) is 26.0 Å². The van der Waals surface area contributed by atoms with Crippen LogP contribution >= 0.6 is 0 Å². The molecule has 7 nitrogen and oxygen atoms in total. The molecule has 1 aromatic carbocycles. The Kier molecular flexibility index (Phi) is 5.36. The number of nitrogens with one attached hydrogen (secondary N) is 1. The van der Waals surface area contributed by atoms with Gasteiger partial charge < -0.3 is 25.5 Å². The Balaban J connectivity index is 2.56. The topological polar surface area (TPSA) is 107 Å². The molecule has 1 heterocycles. The fraction of sp³-hybridized carbons (Fsp3) is 0.375. The van der Waals surface area contributed by atoms with Gasteiger partial charge in [-0.2, -0.15) is 0 Å². The quantitative estimate of drug-likeness (QED) is 0.666. The number of aromatic nitrogens is 1. The molecule has 2 rings (SSSR count). The number of amides is 1. The van der Waals surface area contributed by atoms with Gasteiger partial charge in [-0.25, -0.2) is 0 Å². The minimum Gasteiger partial charge on any atom is -0.398 e. The molecule has 0 saturated carbocycles. The van der Waals surface area contributed by atoms with Crippen LogP contribution in [0.15, 0.2) is 29.2 Å². The van der Waals surface area contributed by atoms with Crippen molar-refractivity contribution in [2.45, 2.75) is 19.6 Å². The minimum atomic E-state index is -0.694. The third kappa shape index (κ3) is 3.69. The molecular formula is C16H21N3O4. The number of hydrogen-bond acceptors (Lipinski definition) is 5. The average Bonchev–Trinajstić information content (AvgIpc) is 2.52. The second kappa shape index (κ2) is 7.26. The average molecular weight is 319 g/mol. The summed E-state index contributed by atoms with van der Waals surface area (Å²) in [7, 11) is 1.58. The lowest BCUT2D eigenvalue weighted by atomic mass is 10.1. The molecule has 0 bridgehead atoms. The van der Waals surface area contributed by atoms with Gasteiger partial charge in [-0.3, -0.25) is 9.59 Å². The van der Waals surface area contributed by atoms with Crippen molar-refractivity contribution in [1.82, 2.24) is 9.88 Å². The lowest BCUT2D eigenvalue weighted by Gasteiger charge is -2.14. The van der Waals surface area contributed by atoms with Crippen LogP contribution in [0, 0.1) is 0 Å². The van der Waals surface area contributed by atoms with Crippen molar-refractivity contribution < 1.29 is 14.6 Å². The van der Waals surface area contributed by atoms with E-state index in [1.165, 1.54) is 6.20 Å². The first-order chi connectivity index (χ1) is 11.0. The van der Waals surface area contributed by atoms with Crippen molar-refractivity contribution in [3.8, 4) is 0 Å². The number of carbonyl (C=O) groups is 1. The van der Waals surface area contributed by atoms with E-state index in [1.54, 1.807) is 36.8 Å². The monoisotopic (exact) mass is 319 g/mol. The molecule has 1 unspecified atom stereocenters. The Bertz CT molecular complexity index is 768. The fourth-order valence-electron chi connectivity index (χ4n) is 2.33. The first-order valence-corrected chi connectivity index (χ1v) is 7.32. The summed E-state index contributed by atoms with van der Waals surface area (Å²) in [5.41, 5.74) is 6.48. The van der Waals surface area contributed by atoms with E-state index in [1.807, 2.05) is 0 Å². The molecule has 0 radical (unpaired) electrons. The highest BCUT2D eigenvalue weighted by atomic mass is 16.5. The molecule has 23 heavy (non-hydrogen) atoms. The number of nitrogen functional groups attached to an aromatic ring is 1. The summed E-state index contributed by atoms with van der Waals surface area (Å²) < 4.78 is 6.84. The summed E-state index contributed by atoms with van der Waals surface area (Å²) in [6.07, 6.45) is 0.806. The van der Waals surface area contributed by atoms with E-state index in [0.717, 1.165) is 0 Å². The van der Waals surface area contributed by atoms with Crippen molar-refractivity contribution in [3.05, 3.63) is 40.2 Å². The Morgan fingerprint density at radius 1 is 1.48 bits per heavy atom. The Morgan fingerprint density at radius 3 is 2.87 bits per heavy atom. The molecule has 1 atom stereocenters. The largest absolute Gasteiger partial charge is 0.398 e. The first-order valence-electron chi connectivity index (χ1n) is 7.32. The number of methoxy groups -OCH3 is 1. The number of aliphatic hydroxyl groups excluding tert-OH is 1. The number of pyridine rings is 1. The number of fused-ring (bicyclic) bond motifs is 1. The van der Waals surface area contributed by atoms with Crippen molar-refractivity contribution in [2.24, 2.45) is 0 Å². The van der Waals surface area contributed by atoms with Crippen molar-refractivity contribution in [3.63, 3.8) is 0 Å². The molecule has 7 heteroatoms. The van der Waals surface area contributed by atoms with Gasteiger partial charge >= 0.3 is 0 Å². The fourth-order valence-corrected chi connectivity index (χ4v) is 2.33. The summed E-state index contributed by atoms with van der Waals surface area (Å²) >= 11 is 0. The number of aliphatic hydroxyl groups is 1. The third-order valence-corrected chi connectivity index (χ3v) is 3.48. The van der Waals surface area contributed by atoms with Gasteiger partial charge in [0.05, 0.1) is 23.6 Å². The van der Waals surface area contributed by atoms with Gasteiger partial charge in [0.1, 0.15) is 5.56 Å². The lowest BCUT2D eigenvalue weighted by molar-refractivity contribution is 0.0922. The second-order valence-electron chi connectivity index (χ2n) is 5.36. The Morgan fingerprint density at radius 2 is 2.22 bits per heavy atom. The van der Waals surface area contributed by atoms with E-state index in [9.17, 15) is 14.7 Å². The third-order valence-electron chi connectivity index (χ3n) is 3.48. The summed E-state index contributed by atoms with van der Waals surface area (Å²) in [6.45, 7) is 2.53. The smallest absolute Gasteiger partial charge is 0.256 e. The maximum atomic E-state index is 12.6. The molecule has 0 fully saturated rings. The summed E-state index contributed by atoms with van der Waals surface area (Å²) in [5, 5.41) is 12.1. The molecule has 124 valence electrons. The SMILES string of the molecule is COCCn1cc(C(=O)NCC(C)O)c(=O)c2c(N)cccc21. The van der Waals surface area contributed by atoms with E-state index in [4.69, 9.17) is 10.5 Å². The van der Waals surface area contributed by atoms with Gasteiger partial charge in [-0.1, -0.05) is 6.07 Å². The summed E-state index contributed by atoms with van der Waals surface area (Å²) in [5.74, 6) is -0.535. The van der Waals surface area contributed by atoms with Gasteiger partial charge in [-0.15, -0.1) is 0 Å². The number of anilines is 1. The van der Waals surface area contributed by atoms with Gasteiger partial charge in [0, 0.05) is 32.1 Å². The van der Waals surface area contributed by atoms with Crippen LogP contribution in [0.5, 0.6) is 0 Å². The zero-order valence-corrected chi connectivity index (χ0v) is 13.2. The molecule has 0 saturated heterocycles. The number of hydrogen-bond donors (Lipinski definition) is 3. The maximum absolute atomic E-state index is 12.6. The number of nitrogens with two attached hydrogens (primary N) is 1. The molecule has 2 aromatic rings. The van der Waals surface area contributed by atoms with Gasteiger partial charge in [0.15, 0.2) is 0 Å². The number of nitrogens with zero attached hydrogens (tertiary/aromatic N) is 1. The van der Waals surface area contributed by atoms with Gasteiger partial charge in [-0.05, 0) is 19.1 Å². The van der Waals surface area contributed by atoms with Crippen LogP contribution in [0.25, 0.3) is 10.9 Å². The predicted molar refractivity (Wildman–Crippen MR) is 88.5 cm³/mol. The Hall–Kier alpha value is -2.38. The number of ether oxygens (including phenoxy) is 1. The van der Waals surface area contributed by atoms with Crippen molar-refractivity contribution in [1.29, 1.82) is 0 Å². The van der Waals surface area contributed by atoms with E-state index in [0.29, 0.717) is 29.7 Å². The van der Waals surface area contributed by atoms with Crippen LogP contribution in [0.4, 0.5) is 5.69 Å². The summed E-state index contributed by atoms with van der Waals surface area (Å²) in [6, 6.07) is 5.16. The molecule has 1 amide bonds. The highest BCUT2D eigenvalue weighted by molar-refractivity contribution is 6.00. The molecular weight excluding hydrogens is 298 g/mol. The number of benzene rings is 1. The van der Waals surface area contributed by atoms with Crippen molar-refractivity contribution >= 4 is 22.5 Å². The zero-order chi connectivity index (χ0) is 17.0. The van der Waals surface area contributed by atoms with Crippen LogP contribution in [0.3, 0.4) is 0 Å². The standard InChI is InChI=1S/C16H21N3O4/c1-10(20)8-18-16(22)11-9-19(6-7-23-2)13-5-3-4-12(17)14(13)15(11)21/h3-5,9-10,20H,6-8,17H2,1-2H3,(H,18,22). The van der Waals surface area contributed by atoms with E-state index < -0.39 is 17.4 Å². The molecule has 0 aliphatic rings. The van der Waals surface area contributed by atoms with Gasteiger partial charge in [0.2, 0.25) is 5.43 Å². The highest BCUT2D eigenvalue weighted by Gasteiger charge is 2.17.